The van der Waals surface area contributed by atoms with Crippen molar-refractivity contribution in [2.75, 3.05) is 11.9 Å². The fraction of sp³-hybridized carbons (Fsp3) is 0.200. The Bertz CT molecular complexity index is 558. The summed E-state index contributed by atoms with van der Waals surface area (Å²) in [4.78, 5) is 0. The predicted molar refractivity (Wildman–Crippen MR) is 81.1 cm³/mol. The smallest absolute Gasteiger partial charge is 0.0962 e. The lowest BCUT2D eigenvalue weighted by Crippen LogP contribution is -2.12. The number of aryl methyl sites for hydroxylation is 1. The van der Waals surface area contributed by atoms with E-state index >= 15 is 0 Å². The molecular weight excluding hydrogens is 281 g/mol. The highest BCUT2D eigenvalue weighted by Crippen LogP contribution is 2.29. The molecule has 4 heteroatoms. The molecule has 2 N–H and O–H groups in total. The van der Waals surface area contributed by atoms with Crippen molar-refractivity contribution < 1.29 is 5.11 Å². The zero-order valence-electron chi connectivity index (χ0n) is 10.5. The maximum atomic E-state index is 10.1. The first-order chi connectivity index (χ1) is 9.08. The summed E-state index contributed by atoms with van der Waals surface area (Å²) in [5.41, 5.74) is 2.53. The number of hydrogen-bond acceptors (Lipinski definition) is 2. The van der Waals surface area contributed by atoms with Crippen LogP contribution in [0, 0.1) is 6.92 Å². The molecule has 0 heterocycles. The molecule has 0 saturated carbocycles. The third-order valence-electron chi connectivity index (χ3n) is 2.92. The van der Waals surface area contributed by atoms with Crippen molar-refractivity contribution in [3.63, 3.8) is 0 Å². The number of aliphatic hydroxyl groups excluding tert-OH is 1. The molecule has 2 nitrogen and oxygen atoms in total. The van der Waals surface area contributed by atoms with Crippen molar-refractivity contribution in [3.8, 4) is 0 Å². The van der Waals surface area contributed by atoms with E-state index in [2.05, 4.69) is 5.32 Å². The zero-order valence-corrected chi connectivity index (χ0v) is 12.0. The largest absolute Gasteiger partial charge is 0.387 e. The molecule has 0 aliphatic carbocycles. The maximum absolute atomic E-state index is 10.1. The summed E-state index contributed by atoms with van der Waals surface area (Å²) in [5, 5.41) is 14.4. The monoisotopic (exact) mass is 295 g/mol. The summed E-state index contributed by atoms with van der Waals surface area (Å²) in [5.74, 6) is 0. The van der Waals surface area contributed by atoms with E-state index in [0.717, 1.165) is 16.8 Å². The molecule has 0 aliphatic rings. The number of halogens is 2. The molecule has 19 heavy (non-hydrogen) atoms. The minimum absolute atomic E-state index is 0.378. The number of hydrogen-bond donors (Lipinski definition) is 2. The molecule has 0 radical (unpaired) electrons. The molecule has 2 aromatic rings. The first-order valence-corrected chi connectivity index (χ1v) is 6.76. The predicted octanol–water partition coefficient (Wildman–Crippen LogP) is 4.45. The summed E-state index contributed by atoms with van der Waals surface area (Å²) >= 11 is 12.2. The maximum Gasteiger partial charge on any atom is 0.0962 e. The Hall–Kier alpha value is -1.22. The van der Waals surface area contributed by atoms with Crippen LogP contribution in [-0.4, -0.2) is 11.7 Å². The van der Waals surface area contributed by atoms with Crippen LogP contribution in [0.5, 0.6) is 0 Å². The minimum Gasteiger partial charge on any atom is -0.387 e. The van der Waals surface area contributed by atoms with Gasteiger partial charge in [0.25, 0.3) is 0 Å². The quantitative estimate of drug-likeness (QED) is 0.873. The molecule has 2 rings (SSSR count). The molecule has 0 aliphatic heterocycles. The van der Waals surface area contributed by atoms with E-state index in [1.807, 2.05) is 37.3 Å². The van der Waals surface area contributed by atoms with Crippen LogP contribution in [0.1, 0.15) is 17.2 Å². The van der Waals surface area contributed by atoms with Crippen LogP contribution in [-0.2, 0) is 0 Å². The molecule has 0 spiro atoms. The SMILES string of the molecule is Cc1cc(Cl)c(NCC(O)c2ccccc2)cc1Cl. The van der Waals surface area contributed by atoms with E-state index in [1.54, 1.807) is 12.1 Å². The Morgan fingerprint density at radius 1 is 1.11 bits per heavy atom. The summed E-state index contributed by atoms with van der Waals surface area (Å²) in [6, 6.07) is 13.1. The van der Waals surface area contributed by atoms with E-state index in [4.69, 9.17) is 23.2 Å². The van der Waals surface area contributed by atoms with Gasteiger partial charge in [-0.3, -0.25) is 0 Å². The van der Waals surface area contributed by atoms with Crippen LogP contribution < -0.4 is 5.32 Å². The lowest BCUT2D eigenvalue weighted by Gasteiger charge is -2.15. The lowest BCUT2D eigenvalue weighted by molar-refractivity contribution is 0.191. The second kappa shape index (κ2) is 6.29. The van der Waals surface area contributed by atoms with Crippen molar-refractivity contribution in [1.82, 2.24) is 0 Å². The van der Waals surface area contributed by atoms with Gasteiger partial charge in [0.15, 0.2) is 0 Å². The number of benzene rings is 2. The van der Waals surface area contributed by atoms with Gasteiger partial charge in [0.05, 0.1) is 16.8 Å². The van der Waals surface area contributed by atoms with Crippen LogP contribution in [0.4, 0.5) is 5.69 Å². The van der Waals surface area contributed by atoms with Crippen molar-refractivity contribution in [2.24, 2.45) is 0 Å². The fourth-order valence-electron chi connectivity index (χ4n) is 1.78. The van der Waals surface area contributed by atoms with E-state index in [1.165, 1.54) is 0 Å². The van der Waals surface area contributed by atoms with Gasteiger partial charge in [-0.1, -0.05) is 53.5 Å². The number of anilines is 1. The van der Waals surface area contributed by atoms with Gasteiger partial charge in [-0.2, -0.15) is 0 Å². The van der Waals surface area contributed by atoms with Crippen LogP contribution in [0.15, 0.2) is 42.5 Å². The summed E-state index contributed by atoms with van der Waals surface area (Å²) in [6.07, 6.45) is -0.586. The highest BCUT2D eigenvalue weighted by Gasteiger charge is 2.09. The molecule has 2 aromatic carbocycles. The van der Waals surface area contributed by atoms with Crippen LogP contribution in [0.25, 0.3) is 0 Å². The van der Waals surface area contributed by atoms with Gasteiger partial charge in [-0.05, 0) is 30.2 Å². The van der Waals surface area contributed by atoms with Gasteiger partial charge >= 0.3 is 0 Å². The van der Waals surface area contributed by atoms with Crippen molar-refractivity contribution in [1.29, 1.82) is 0 Å². The van der Waals surface area contributed by atoms with Gasteiger partial charge in [-0.25, -0.2) is 0 Å². The first kappa shape index (κ1) is 14.2. The third-order valence-corrected chi connectivity index (χ3v) is 3.64. The number of aliphatic hydroxyl groups is 1. The average molecular weight is 296 g/mol. The van der Waals surface area contributed by atoms with Gasteiger partial charge in [-0.15, -0.1) is 0 Å². The standard InChI is InChI=1S/C15H15Cl2NO/c1-10-7-13(17)14(8-12(10)16)18-9-15(19)11-5-3-2-4-6-11/h2-8,15,18-19H,9H2,1H3. The van der Waals surface area contributed by atoms with E-state index in [-0.39, 0.29) is 0 Å². The molecule has 0 bridgehead atoms. The molecule has 0 fully saturated rings. The zero-order chi connectivity index (χ0) is 13.8. The van der Waals surface area contributed by atoms with Gasteiger partial charge in [0, 0.05) is 11.6 Å². The molecule has 0 saturated heterocycles. The molecule has 1 atom stereocenters. The normalized spacial score (nSPS) is 12.2. The van der Waals surface area contributed by atoms with Gasteiger partial charge in [0.1, 0.15) is 0 Å². The Labute approximate surface area is 123 Å². The third kappa shape index (κ3) is 3.63. The molecule has 0 amide bonds. The summed E-state index contributed by atoms with van der Waals surface area (Å²) in [6.45, 7) is 2.28. The highest BCUT2D eigenvalue weighted by atomic mass is 35.5. The van der Waals surface area contributed by atoms with E-state index < -0.39 is 6.10 Å². The first-order valence-electron chi connectivity index (χ1n) is 6.00. The number of nitrogens with one attached hydrogen (secondary N) is 1. The summed E-state index contributed by atoms with van der Waals surface area (Å²) < 4.78 is 0. The van der Waals surface area contributed by atoms with Crippen molar-refractivity contribution in [2.45, 2.75) is 13.0 Å². The molecular formula is C15H15Cl2NO. The van der Waals surface area contributed by atoms with Crippen LogP contribution in [0.2, 0.25) is 10.0 Å². The fourth-order valence-corrected chi connectivity index (χ4v) is 2.23. The molecule has 0 aromatic heterocycles. The Kier molecular flexibility index (Phi) is 4.70. The number of rotatable bonds is 4. The Morgan fingerprint density at radius 2 is 1.79 bits per heavy atom. The Morgan fingerprint density at radius 3 is 2.47 bits per heavy atom. The second-order valence-corrected chi connectivity index (χ2v) is 5.20. The molecule has 100 valence electrons. The Balaban J connectivity index is 2.05. The van der Waals surface area contributed by atoms with E-state index in [0.29, 0.717) is 16.6 Å². The van der Waals surface area contributed by atoms with E-state index in [9.17, 15) is 5.11 Å². The minimum atomic E-state index is -0.586. The average Bonchev–Trinajstić information content (AvgIpc) is 2.42. The topological polar surface area (TPSA) is 32.3 Å². The summed E-state index contributed by atoms with van der Waals surface area (Å²) in [7, 11) is 0. The van der Waals surface area contributed by atoms with Crippen molar-refractivity contribution in [3.05, 3.63) is 63.6 Å². The van der Waals surface area contributed by atoms with Crippen molar-refractivity contribution >= 4 is 28.9 Å². The van der Waals surface area contributed by atoms with Gasteiger partial charge < -0.3 is 10.4 Å². The second-order valence-electron chi connectivity index (χ2n) is 4.39. The van der Waals surface area contributed by atoms with Crippen LogP contribution >= 0.6 is 23.2 Å². The van der Waals surface area contributed by atoms with Gasteiger partial charge in [0.2, 0.25) is 0 Å². The lowest BCUT2D eigenvalue weighted by atomic mass is 10.1. The highest BCUT2D eigenvalue weighted by molar-refractivity contribution is 6.35. The van der Waals surface area contributed by atoms with Crippen LogP contribution in [0.3, 0.4) is 0 Å². The molecule has 1 unspecified atom stereocenters.